The molecule has 118 valence electrons. The van der Waals surface area contributed by atoms with Crippen LogP contribution in [0.3, 0.4) is 0 Å². The van der Waals surface area contributed by atoms with Gasteiger partial charge in [-0.25, -0.2) is 0 Å². The molecule has 2 aromatic rings. The van der Waals surface area contributed by atoms with E-state index in [-0.39, 0.29) is 17.9 Å². The van der Waals surface area contributed by atoms with Crippen LogP contribution in [-0.2, 0) is 22.4 Å². The molecule has 0 aromatic heterocycles. The fourth-order valence-electron chi connectivity index (χ4n) is 3.99. The standard InChI is InChI=1S/C19H20N2O2/c1-12(22)21-11-3-6-17(21)19(23)20-16-10-9-14-8-7-13-4-2-5-15(16)18(13)14/h2,4-5,9-10,17H,3,6-8,11H2,1H3,(H,20,23)/t17-/m1/s1. The van der Waals surface area contributed by atoms with Gasteiger partial charge in [-0.15, -0.1) is 0 Å². The highest BCUT2D eigenvalue weighted by Gasteiger charge is 2.32. The predicted octanol–water partition coefficient (Wildman–Crippen LogP) is 2.89. The number of hydrogen-bond donors (Lipinski definition) is 1. The molecule has 1 saturated heterocycles. The van der Waals surface area contributed by atoms with Gasteiger partial charge in [-0.2, -0.15) is 0 Å². The average molecular weight is 308 g/mol. The monoisotopic (exact) mass is 308 g/mol. The lowest BCUT2D eigenvalue weighted by molar-refractivity contribution is -0.134. The summed E-state index contributed by atoms with van der Waals surface area (Å²) in [7, 11) is 0. The molecule has 1 N–H and O–H groups in total. The van der Waals surface area contributed by atoms with Gasteiger partial charge in [0.15, 0.2) is 0 Å². The van der Waals surface area contributed by atoms with Crippen LogP contribution in [0.2, 0.25) is 0 Å². The number of likely N-dealkylation sites (tertiary alicyclic amines) is 1. The smallest absolute Gasteiger partial charge is 0.247 e. The number of benzene rings is 2. The van der Waals surface area contributed by atoms with Crippen molar-refractivity contribution in [2.75, 3.05) is 11.9 Å². The number of nitrogens with one attached hydrogen (secondary N) is 1. The van der Waals surface area contributed by atoms with Crippen molar-refractivity contribution in [3.8, 4) is 0 Å². The Labute approximate surface area is 135 Å². The second-order valence-electron chi connectivity index (χ2n) is 6.47. The normalized spacial score (nSPS) is 19.3. The van der Waals surface area contributed by atoms with Gasteiger partial charge in [0.05, 0.1) is 0 Å². The molecular weight excluding hydrogens is 288 g/mol. The Balaban J connectivity index is 1.66. The van der Waals surface area contributed by atoms with Crippen molar-refractivity contribution >= 4 is 28.3 Å². The summed E-state index contributed by atoms with van der Waals surface area (Å²) < 4.78 is 0. The molecule has 4 rings (SSSR count). The Kier molecular flexibility index (Phi) is 3.33. The molecule has 2 amide bonds. The molecule has 4 nitrogen and oxygen atoms in total. The van der Waals surface area contributed by atoms with E-state index in [9.17, 15) is 9.59 Å². The van der Waals surface area contributed by atoms with Crippen LogP contribution in [0.5, 0.6) is 0 Å². The average Bonchev–Trinajstić information content (AvgIpc) is 3.18. The second kappa shape index (κ2) is 5.37. The minimum absolute atomic E-state index is 0.0249. The van der Waals surface area contributed by atoms with E-state index in [4.69, 9.17) is 0 Å². The van der Waals surface area contributed by atoms with Gasteiger partial charge in [-0.3, -0.25) is 9.59 Å². The number of rotatable bonds is 2. The van der Waals surface area contributed by atoms with Gasteiger partial charge in [0.25, 0.3) is 0 Å². The largest absolute Gasteiger partial charge is 0.331 e. The summed E-state index contributed by atoms with van der Waals surface area (Å²) in [5.74, 6) is -0.0977. The highest BCUT2D eigenvalue weighted by molar-refractivity contribution is 6.06. The first kappa shape index (κ1) is 14.2. The highest BCUT2D eigenvalue weighted by atomic mass is 16.2. The van der Waals surface area contributed by atoms with Crippen molar-refractivity contribution in [3.63, 3.8) is 0 Å². The number of carbonyl (C=O) groups is 2. The number of amides is 2. The summed E-state index contributed by atoms with van der Waals surface area (Å²) in [6.07, 6.45) is 3.78. The third kappa shape index (κ3) is 2.29. The van der Waals surface area contributed by atoms with Gasteiger partial charge < -0.3 is 10.2 Å². The molecule has 1 atom stereocenters. The second-order valence-corrected chi connectivity index (χ2v) is 6.47. The zero-order valence-electron chi connectivity index (χ0n) is 13.3. The summed E-state index contributed by atoms with van der Waals surface area (Å²) in [4.78, 5) is 26.0. The Morgan fingerprint density at radius 3 is 2.70 bits per heavy atom. The van der Waals surface area contributed by atoms with Crippen LogP contribution < -0.4 is 5.32 Å². The number of nitrogens with zero attached hydrogens (tertiary/aromatic N) is 1. The van der Waals surface area contributed by atoms with Crippen molar-refractivity contribution in [3.05, 3.63) is 41.5 Å². The van der Waals surface area contributed by atoms with Crippen LogP contribution in [0.4, 0.5) is 5.69 Å². The molecule has 1 heterocycles. The first-order valence-corrected chi connectivity index (χ1v) is 8.27. The van der Waals surface area contributed by atoms with E-state index >= 15 is 0 Å². The molecule has 2 aromatic carbocycles. The van der Waals surface area contributed by atoms with Crippen LogP contribution in [0.25, 0.3) is 10.8 Å². The number of anilines is 1. The molecule has 2 aliphatic rings. The summed E-state index contributed by atoms with van der Waals surface area (Å²) in [6.45, 7) is 2.21. The van der Waals surface area contributed by atoms with Crippen LogP contribution in [0, 0.1) is 0 Å². The van der Waals surface area contributed by atoms with Gasteiger partial charge in [-0.1, -0.05) is 24.3 Å². The zero-order chi connectivity index (χ0) is 16.0. The molecule has 1 aliphatic carbocycles. The van der Waals surface area contributed by atoms with Gasteiger partial charge in [-0.05, 0) is 48.3 Å². The maximum Gasteiger partial charge on any atom is 0.247 e. The molecule has 0 bridgehead atoms. The molecule has 23 heavy (non-hydrogen) atoms. The lowest BCUT2D eigenvalue weighted by Crippen LogP contribution is -2.42. The fraction of sp³-hybridized carbons (Fsp3) is 0.368. The van der Waals surface area contributed by atoms with E-state index < -0.39 is 0 Å². The fourth-order valence-corrected chi connectivity index (χ4v) is 3.99. The third-order valence-corrected chi connectivity index (χ3v) is 5.09. The van der Waals surface area contributed by atoms with Crippen LogP contribution >= 0.6 is 0 Å². The Hall–Kier alpha value is -2.36. The number of hydrogen-bond acceptors (Lipinski definition) is 2. The SMILES string of the molecule is CC(=O)N1CCC[C@@H]1C(=O)Nc1ccc2c3c(cccc13)CC2. The minimum Gasteiger partial charge on any atom is -0.331 e. The van der Waals surface area contributed by atoms with E-state index in [0.717, 1.165) is 36.8 Å². The summed E-state index contributed by atoms with van der Waals surface area (Å²) in [6, 6.07) is 10.1. The minimum atomic E-state index is -0.337. The predicted molar refractivity (Wildman–Crippen MR) is 90.4 cm³/mol. The summed E-state index contributed by atoms with van der Waals surface area (Å²) in [5.41, 5.74) is 3.58. The van der Waals surface area contributed by atoms with Crippen LogP contribution in [-0.4, -0.2) is 29.3 Å². The topological polar surface area (TPSA) is 49.4 Å². The highest BCUT2D eigenvalue weighted by Crippen LogP contribution is 2.35. The first-order chi connectivity index (χ1) is 11.1. The van der Waals surface area contributed by atoms with E-state index in [1.165, 1.54) is 23.4 Å². The summed E-state index contributed by atoms with van der Waals surface area (Å²) in [5, 5.41) is 5.46. The molecule has 0 unspecified atom stereocenters. The van der Waals surface area contributed by atoms with Gasteiger partial charge in [0.2, 0.25) is 11.8 Å². The third-order valence-electron chi connectivity index (χ3n) is 5.09. The van der Waals surface area contributed by atoms with Gasteiger partial charge in [0, 0.05) is 24.5 Å². The van der Waals surface area contributed by atoms with E-state index in [2.05, 4.69) is 29.6 Å². The van der Waals surface area contributed by atoms with Crippen LogP contribution in [0.1, 0.15) is 30.9 Å². The first-order valence-electron chi connectivity index (χ1n) is 8.27. The van der Waals surface area contributed by atoms with Crippen molar-refractivity contribution in [1.29, 1.82) is 0 Å². The number of carbonyl (C=O) groups excluding carboxylic acids is 2. The zero-order valence-corrected chi connectivity index (χ0v) is 13.3. The number of aryl methyl sites for hydroxylation is 2. The molecule has 0 saturated carbocycles. The van der Waals surface area contributed by atoms with E-state index in [1.807, 2.05) is 6.07 Å². The lowest BCUT2D eigenvalue weighted by Gasteiger charge is -2.22. The van der Waals surface area contributed by atoms with E-state index in [0.29, 0.717) is 6.54 Å². The lowest BCUT2D eigenvalue weighted by atomic mass is 10.0. The van der Waals surface area contributed by atoms with Crippen molar-refractivity contribution in [1.82, 2.24) is 4.90 Å². The molecule has 1 fully saturated rings. The molecule has 0 spiro atoms. The van der Waals surface area contributed by atoms with Crippen molar-refractivity contribution in [2.45, 2.75) is 38.6 Å². The van der Waals surface area contributed by atoms with E-state index in [1.54, 1.807) is 4.90 Å². The molecule has 1 aliphatic heterocycles. The molecule has 0 radical (unpaired) electrons. The summed E-state index contributed by atoms with van der Waals surface area (Å²) >= 11 is 0. The van der Waals surface area contributed by atoms with Crippen molar-refractivity contribution < 1.29 is 9.59 Å². The Morgan fingerprint density at radius 1 is 1.13 bits per heavy atom. The Bertz CT molecular complexity index is 802. The van der Waals surface area contributed by atoms with Crippen LogP contribution in [0.15, 0.2) is 30.3 Å². The van der Waals surface area contributed by atoms with Gasteiger partial charge in [0.1, 0.15) is 6.04 Å². The molecule has 4 heteroatoms. The maximum absolute atomic E-state index is 12.7. The maximum atomic E-state index is 12.7. The quantitative estimate of drug-likeness (QED) is 0.927. The molecular formula is C19H20N2O2. The van der Waals surface area contributed by atoms with Gasteiger partial charge >= 0.3 is 0 Å². The van der Waals surface area contributed by atoms with Crippen molar-refractivity contribution in [2.24, 2.45) is 0 Å². The Morgan fingerprint density at radius 2 is 1.91 bits per heavy atom.